The molecule has 0 radical (unpaired) electrons. The molecule has 1 fully saturated rings. The van der Waals surface area contributed by atoms with Crippen LogP contribution in [0.2, 0.25) is 5.02 Å². The maximum Gasteiger partial charge on any atom is 0.149 e. The van der Waals surface area contributed by atoms with Crippen LogP contribution >= 0.6 is 11.6 Å². The molecule has 3 aromatic rings. The first kappa shape index (κ1) is 16.3. The van der Waals surface area contributed by atoms with E-state index in [2.05, 4.69) is 31.2 Å². The zero-order chi connectivity index (χ0) is 17.4. The molecule has 1 heterocycles. The Morgan fingerprint density at radius 1 is 0.920 bits per heavy atom. The average Bonchev–Trinajstić information content (AvgIpc) is 3.49. The van der Waals surface area contributed by atoms with Gasteiger partial charge in [-0.05, 0) is 28.7 Å². The van der Waals surface area contributed by atoms with Crippen LogP contribution in [0.5, 0.6) is 0 Å². The van der Waals surface area contributed by atoms with E-state index < -0.39 is 0 Å². The standard InChI is InChI=1S/C22H18ClFO/c1-2-14-3-5-15(6-4-14)16-7-9-17(10-8-16)18-11-12-19(20-13-25-20)21(23)22(18)24/h3-12,20H,2,13H2,1H3. The predicted molar refractivity (Wildman–Crippen MR) is 100 cm³/mol. The molecular formula is C22H18ClFO. The number of halogens is 2. The summed E-state index contributed by atoms with van der Waals surface area (Å²) >= 11 is 6.18. The molecule has 3 aromatic carbocycles. The van der Waals surface area contributed by atoms with E-state index in [1.807, 2.05) is 30.3 Å². The molecule has 0 spiro atoms. The Morgan fingerprint density at radius 3 is 2.04 bits per heavy atom. The number of hydrogen-bond donors (Lipinski definition) is 0. The molecule has 1 unspecified atom stereocenters. The largest absolute Gasteiger partial charge is 0.368 e. The summed E-state index contributed by atoms with van der Waals surface area (Å²) in [6, 6.07) is 20.1. The molecule has 1 nitrogen and oxygen atoms in total. The molecule has 1 atom stereocenters. The summed E-state index contributed by atoms with van der Waals surface area (Å²) in [5.74, 6) is -0.380. The SMILES string of the molecule is CCc1ccc(-c2ccc(-c3ccc(C4CO4)c(Cl)c3F)cc2)cc1. The summed E-state index contributed by atoms with van der Waals surface area (Å²) in [7, 11) is 0. The first-order valence-electron chi connectivity index (χ1n) is 8.46. The van der Waals surface area contributed by atoms with Crippen LogP contribution < -0.4 is 0 Å². The van der Waals surface area contributed by atoms with Crippen LogP contribution in [0.4, 0.5) is 4.39 Å². The molecule has 0 amide bonds. The van der Waals surface area contributed by atoms with Gasteiger partial charge in [-0.25, -0.2) is 4.39 Å². The third-order valence-corrected chi connectivity index (χ3v) is 5.07. The zero-order valence-corrected chi connectivity index (χ0v) is 14.7. The lowest BCUT2D eigenvalue weighted by Gasteiger charge is -2.10. The van der Waals surface area contributed by atoms with E-state index in [0.717, 1.165) is 28.7 Å². The van der Waals surface area contributed by atoms with Crippen molar-refractivity contribution in [1.82, 2.24) is 0 Å². The average molecular weight is 353 g/mol. The molecule has 3 heteroatoms. The molecule has 126 valence electrons. The highest BCUT2D eigenvalue weighted by Crippen LogP contribution is 2.39. The number of hydrogen-bond acceptors (Lipinski definition) is 1. The number of rotatable bonds is 4. The number of aryl methyl sites for hydroxylation is 1. The molecule has 0 aliphatic carbocycles. The van der Waals surface area contributed by atoms with Gasteiger partial charge in [0.15, 0.2) is 0 Å². The van der Waals surface area contributed by atoms with E-state index in [9.17, 15) is 4.39 Å². The smallest absolute Gasteiger partial charge is 0.149 e. The van der Waals surface area contributed by atoms with E-state index in [-0.39, 0.29) is 16.9 Å². The lowest BCUT2D eigenvalue weighted by atomic mass is 9.98. The topological polar surface area (TPSA) is 12.5 Å². The minimum absolute atomic E-state index is 0.0514. The van der Waals surface area contributed by atoms with Crippen molar-refractivity contribution in [1.29, 1.82) is 0 Å². The fraction of sp³-hybridized carbons (Fsp3) is 0.182. The Morgan fingerprint density at radius 2 is 1.48 bits per heavy atom. The highest BCUT2D eigenvalue weighted by atomic mass is 35.5. The van der Waals surface area contributed by atoms with Crippen LogP contribution in [0.25, 0.3) is 22.3 Å². The van der Waals surface area contributed by atoms with Crippen molar-refractivity contribution in [3.63, 3.8) is 0 Å². The van der Waals surface area contributed by atoms with Gasteiger partial charge >= 0.3 is 0 Å². The fourth-order valence-corrected chi connectivity index (χ4v) is 3.33. The van der Waals surface area contributed by atoms with Gasteiger partial charge in [-0.15, -0.1) is 0 Å². The predicted octanol–water partition coefficient (Wildman–Crippen LogP) is 6.45. The first-order chi connectivity index (χ1) is 12.2. The summed E-state index contributed by atoms with van der Waals surface area (Å²) in [4.78, 5) is 0. The molecule has 0 aromatic heterocycles. The Bertz CT molecular complexity index is 897. The maximum absolute atomic E-state index is 14.7. The van der Waals surface area contributed by atoms with Crippen molar-refractivity contribution in [3.8, 4) is 22.3 Å². The van der Waals surface area contributed by atoms with Crippen LogP contribution in [-0.2, 0) is 11.2 Å². The Labute approximate surface area is 152 Å². The molecular weight excluding hydrogens is 335 g/mol. The van der Waals surface area contributed by atoms with Gasteiger partial charge in [-0.3, -0.25) is 0 Å². The fourth-order valence-electron chi connectivity index (χ4n) is 3.04. The van der Waals surface area contributed by atoms with Gasteiger partial charge in [0.05, 0.1) is 11.6 Å². The Hall–Kier alpha value is -2.16. The molecule has 0 N–H and O–H groups in total. The van der Waals surface area contributed by atoms with Crippen molar-refractivity contribution in [2.45, 2.75) is 19.4 Å². The summed E-state index contributed by atoms with van der Waals surface area (Å²) in [5, 5.41) is 0.166. The van der Waals surface area contributed by atoms with E-state index in [4.69, 9.17) is 16.3 Å². The lowest BCUT2D eigenvalue weighted by molar-refractivity contribution is 0.415. The molecule has 0 bridgehead atoms. The summed E-state index contributed by atoms with van der Waals surface area (Å²) in [5.41, 5.74) is 5.65. The van der Waals surface area contributed by atoms with Gasteiger partial charge in [0.25, 0.3) is 0 Å². The third kappa shape index (κ3) is 3.20. The van der Waals surface area contributed by atoms with E-state index >= 15 is 0 Å². The second-order valence-electron chi connectivity index (χ2n) is 6.28. The highest BCUT2D eigenvalue weighted by Gasteiger charge is 2.29. The van der Waals surface area contributed by atoms with Gasteiger partial charge in [0, 0.05) is 11.1 Å². The summed E-state index contributed by atoms with van der Waals surface area (Å²) in [6.45, 7) is 2.76. The molecule has 1 aliphatic rings. The molecule has 1 aliphatic heterocycles. The monoisotopic (exact) mass is 352 g/mol. The van der Waals surface area contributed by atoms with Crippen LogP contribution in [-0.4, -0.2) is 6.61 Å². The van der Waals surface area contributed by atoms with E-state index in [1.165, 1.54) is 5.56 Å². The number of epoxide rings is 1. The first-order valence-corrected chi connectivity index (χ1v) is 8.84. The van der Waals surface area contributed by atoms with Crippen LogP contribution in [0.15, 0.2) is 60.7 Å². The normalized spacial score (nSPS) is 16.0. The van der Waals surface area contributed by atoms with Crippen molar-refractivity contribution < 1.29 is 9.13 Å². The third-order valence-electron chi connectivity index (χ3n) is 4.68. The van der Waals surface area contributed by atoms with E-state index in [1.54, 1.807) is 6.07 Å². The molecule has 25 heavy (non-hydrogen) atoms. The highest BCUT2D eigenvalue weighted by molar-refractivity contribution is 6.32. The maximum atomic E-state index is 14.7. The van der Waals surface area contributed by atoms with Crippen molar-refractivity contribution in [3.05, 3.63) is 82.6 Å². The minimum Gasteiger partial charge on any atom is -0.368 e. The minimum atomic E-state index is -0.380. The van der Waals surface area contributed by atoms with Crippen molar-refractivity contribution in [2.75, 3.05) is 6.61 Å². The van der Waals surface area contributed by atoms with Gasteiger partial charge in [-0.2, -0.15) is 0 Å². The second-order valence-corrected chi connectivity index (χ2v) is 6.66. The van der Waals surface area contributed by atoms with Gasteiger partial charge in [0.1, 0.15) is 11.9 Å². The molecule has 0 saturated carbocycles. The molecule has 1 saturated heterocycles. The van der Waals surface area contributed by atoms with Gasteiger partial charge < -0.3 is 4.74 Å². The molecule has 4 rings (SSSR count). The summed E-state index contributed by atoms with van der Waals surface area (Å²) < 4.78 is 19.9. The van der Waals surface area contributed by atoms with Crippen molar-refractivity contribution in [2.24, 2.45) is 0 Å². The quantitative estimate of drug-likeness (QED) is 0.492. The number of benzene rings is 3. The van der Waals surface area contributed by atoms with E-state index in [0.29, 0.717) is 12.2 Å². The van der Waals surface area contributed by atoms with Gasteiger partial charge in [-0.1, -0.05) is 79.2 Å². The Kier molecular flexibility index (Phi) is 4.32. The summed E-state index contributed by atoms with van der Waals surface area (Å²) in [6.07, 6.45) is 0.978. The number of ether oxygens (including phenoxy) is 1. The van der Waals surface area contributed by atoms with Crippen molar-refractivity contribution >= 4 is 11.6 Å². The zero-order valence-electron chi connectivity index (χ0n) is 13.9. The lowest BCUT2D eigenvalue weighted by Crippen LogP contribution is -1.92. The van der Waals surface area contributed by atoms with Crippen LogP contribution in [0.3, 0.4) is 0 Å². The Balaban J connectivity index is 1.64. The van der Waals surface area contributed by atoms with Crippen LogP contribution in [0, 0.1) is 5.82 Å². The second kappa shape index (κ2) is 6.62. The van der Waals surface area contributed by atoms with Gasteiger partial charge in [0.2, 0.25) is 0 Å². The van der Waals surface area contributed by atoms with Crippen LogP contribution in [0.1, 0.15) is 24.2 Å².